The Kier molecular flexibility index (Phi) is 7.42. The largest absolute Gasteiger partial charge is 0.426 e. The molecule has 0 spiro atoms. The normalized spacial score (nSPS) is 13.8. The van der Waals surface area contributed by atoms with E-state index in [0.717, 1.165) is 0 Å². The number of benzene rings is 1. The quantitative estimate of drug-likeness (QED) is 0.581. The number of hydrogen-bond acceptors (Lipinski definition) is 6. The first-order chi connectivity index (χ1) is 12.5. The summed E-state index contributed by atoms with van der Waals surface area (Å²) >= 11 is 0. The predicted octanol–water partition coefficient (Wildman–Crippen LogP) is 4.01. The molecule has 1 rings (SSSR count). The van der Waals surface area contributed by atoms with E-state index in [1.165, 1.54) is 6.07 Å². The van der Waals surface area contributed by atoms with E-state index in [2.05, 4.69) is 5.32 Å². The van der Waals surface area contributed by atoms with E-state index >= 15 is 0 Å². The van der Waals surface area contributed by atoms with Crippen LogP contribution in [0.15, 0.2) is 18.2 Å². The van der Waals surface area contributed by atoms with Crippen molar-refractivity contribution in [3.05, 3.63) is 23.8 Å². The molecular formula is C22H35NO5. The first-order valence-corrected chi connectivity index (χ1v) is 9.52. The Balaban J connectivity index is 3.19. The fraction of sp³-hybridized carbons (Fsp3) is 0.636. The average molecular weight is 394 g/mol. The summed E-state index contributed by atoms with van der Waals surface area (Å²) in [4.78, 5) is 24.5. The van der Waals surface area contributed by atoms with Crippen LogP contribution in [0.1, 0.15) is 74.0 Å². The van der Waals surface area contributed by atoms with Crippen molar-refractivity contribution < 1.29 is 24.2 Å². The zero-order chi connectivity index (χ0) is 21.9. The second-order valence-electron chi connectivity index (χ2n) is 10.2. The molecule has 1 aromatic rings. The molecule has 6 nitrogen and oxygen atoms in total. The maximum absolute atomic E-state index is 12.3. The number of carbonyl (C=O) groups is 2. The molecule has 158 valence electrons. The highest BCUT2D eigenvalue weighted by Crippen LogP contribution is 2.30. The fourth-order valence-corrected chi connectivity index (χ4v) is 1.94. The number of esters is 2. The van der Waals surface area contributed by atoms with Crippen molar-refractivity contribution in [2.45, 2.75) is 74.0 Å². The molecule has 0 aliphatic rings. The van der Waals surface area contributed by atoms with Crippen LogP contribution in [-0.2, 0) is 9.59 Å². The lowest BCUT2D eigenvalue weighted by molar-refractivity contribution is -0.143. The third-order valence-electron chi connectivity index (χ3n) is 3.76. The first kappa shape index (κ1) is 24.1. The number of β-amino-alcohol motifs (C(OH)–C–C–N with tert-alkyl or cyclic N) is 1. The van der Waals surface area contributed by atoms with Gasteiger partial charge in [0.2, 0.25) is 0 Å². The van der Waals surface area contributed by atoms with Gasteiger partial charge in [-0.2, -0.15) is 0 Å². The van der Waals surface area contributed by atoms with Crippen molar-refractivity contribution in [1.29, 1.82) is 0 Å². The standard InChI is InChI=1S/C22H35NO5/c1-20(2,3)18(25)27-15-10-14(17(24)13-23-22(7,8)9)11-16(12-15)28-19(26)21(4,5)6/h10-12,17,23-24H,13H2,1-9H3/t17-/m1/s1. The molecule has 0 aromatic heterocycles. The summed E-state index contributed by atoms with van der Waals surface area (Å²) in [5, 5.41) is 13.8. The van der Waals surface area contributed by atoms with Crippen LogP contribution in [0.4, 0.5) is 0 Å². The van der Waals surface area contributed by atoms with Crippen LogP contribution in [0.5, 0.6) is 11.5 Å². The number of carbonyl (C=O) groups excluding carboxylic acids is 2. The van der Waals surface area contributed by atoms with Crippen LogP contribution < -0.4 is 14.8 Å². The van der Waals surface area contributed by atoms with E-state index in [1.54, 1.807) is 53.7 Å². The lowest BCUT2D eigenvalue weighted by Gasteiger charge is -2.24. The van der Waals surface area contributed by atoms with E-state index in [9.17, 15) is 14.7 Å². The van der Waals surface area contributed by atoms with Gasteiger partial charge in [0.25, 0.3) is 0 Å². The van der Waals surface area contributed by atoms with Crippen LogP contribution in [0, 0.1) is 10.8 Å². The topological polar surface area (TPSA) is 84.9 Å². The van der Waals surface area contributed by atoms with Gasteiger partial charge < -0.3 is 19.9 Å². The third kappa shape index (κ3) is 7.98. The molecule has 0 bridgehead atoms. The second-order valence-corrected chi connectivity index (χ2v) is 10.2. The molecule has 0 radical (unpaired) electrons. The third-order valence-corrected chi connectivity index (χ3v) is 3.76. The van der Waals surface area contributed by atoms with E-state index in [1.807, 2.05) is 20.8 Å². The summed E-state index contributed by atoms with van der Waals surface area (Å²) in [5.74, 6) is -0.381. The highest BCUT2D eigenvalue weighted by molar-refractivity contribution is 5.79. The van der Waals surface area contributed by atoms with Crippen LogP contribution in [0.2, 0.25) is 0 Å². The van der Waals surface area contributed by atoms with E-state index < -0.39 is 28.9 Å². The molecule has 0 fully saturated rings. The summed E-state index contributed by atoms with van der Waals surface area (Å²) in [5.41, 5.74) is -1.05. The Morgan fingerprint density at radius 2 is 1.25 bits per heavy atom. The lowest BCUT2D eigenvalue weighted by Crippen LogP contribution is -2.38. The molecular weight excluding hydrogens is 358 g/mol. The zero-order valence-electron chi connectivity index (χ0n) is 18.6. The van der Waals surface area contributed by atoms with Gasteiger partial charge in [-0.1, -0.05) is 0 Å². The van der Waals surface area contributed by atoms with Crippen molar-refractivity contribution in [1.82, 2.24) is 5.32 Å². The van der Waals surface area contributed by atoms with E-state index in [0.29, 0.717) is 12.1 Å². The number of nitrogens with one attached hydrogen (secondary N) is 1. The summed E-state index contributed by atoms with van der Waals surface area (Å²) in [7, 11) is 0. The minimum Gasteiger partial charge on any atom is -0.426 e. The molecule has 0 aliphatic carbocycles. The van der Waals surface area contributed by atoms with Gasteiger partial charge in [-0.25, -0.2) is 0 Å². The number of hydrogen-bond donors (Lipinski definition) is 2. The van der Waals surface area contributed by atoms with E-state index in [-0.39, 0.29) is 17.0 Å². The van der Waals surface area contributed by atoms with E-state index in [4.69, 9.17) is 9.47 Å². The smallest absolute Gasteiger partial charge is 0.316 e. The molecule has 0 saturated heterocycles. The molecule has 2 N–H and O–H groups in total. The molecule has 6 heteroatoms. The monoisotopic (exact) mass is 393 g/mol. The minimum absolute atomic E-state index is 0.168. The Morgan fingerprint density at radius 3 is 1.57 bits per heavy atom. The number of aliphatic hydroxyl groups excluding tert-OH is 1. The highest BCUT2D eigenvalue weighted by Gasteiger charge is 2.27. The number of rotatable bonds is 5. The molecule has 1 aromatic carbocycles. The summed E-state index contributed by atoms with van der Waals surface area (Å²) in [6.45, 7) is 16.8. The van der Waals surface area contributed by atoms with Crippen LogP contribution in [0.3, 0.4) is 0 Å². The van der Waals surface area contributed by atoms with Crippen molar-refractivity contribution in [3.63, 3.8) is 0 Å². The summed E-state index contributed by atoms with van der Waals surface area (Å²) < 4.78 is 10.9. The Morgan fingerprint density at radius 1 is 0.857 bits per heavy atom. The van der Waals surface area contributed by atoms with Gasteiger partial charge in [0.05, 0.1) is 16.9 Å². The molecule has 1 atom stereocenters. The van der Waals surface area contributed by atoms with Crippen molar-refractivity contribution in [3.8, 4) is 11.5 Å². The maximum atomic E-state index is 12.3. The van der Waals surface area contributed by atoms with Gasteiger partial charge in [0, 0.05) is 18.2 Å². The number of ether oxygens (including phenoxy) is 2. The average Bonchev–Trinajstić information content (AvgIpc) is 2.49. The molecule has 0 unspecified atom stereocenters. The SMILES string of the molecule is CC(C)(C)NC[C@@H](O)c1cc(OC(=O)C(C)(C)C)cc(OC(=O)C(C)(C)C)c1. The Hall–Kier alpha value is -1.92. The van der Waals surface area contributed by atoms with Crippen molar-refractivity contribution >= 4 is 11.9 Å². The molecule has 0 aliphatic heterocycles. The van der Waals surface area contributed by atoms with Crippen LogP contribution in [-0.4, -0.2) is 29.1 Å². The fourth-order valence-electron chi connectivity index (χ4n) is 1.94. The van der Waals surface area contributed by atoms with Gasteiger partial charge in [-0.05, 0) is 80.0 Å². The first-order valence-electron chi connectivity index (χ1n) is 9.52. The maximum Gasteiger partial charge on any atom is 0.316 e. The second kappa shape index (κ2) is 8.62. The molecule has 0 saturated carbocycles. The molecule has 0 amide bonds. The van der Waals surface area contributed by atoms with Crippen LogP contribution in [0.25, 0.3) is 0 Å². The lowest BCUT2D eigenvalue weighted by atomic mass is 9.97. The van der Waals surface area contributed by atoms with Crippen molar-refractivity contribution in [2.75, 3.05) is 6.54 Å². The van der Waals surface area contributed by atoms with Gasteiger partial charge in [0.1, 0.15) is 11.5 Å². The van der Waals surface area contributed by atoms with Crippen LogP contribution >= 0.6 is 0 Å². The minimum atomic E-state index is -0.861. The van der Waals surface area contributed by atoms with Gasteiger partial charge >= 0.3 is 11.9 Å². The molecule has 0 heterocycles. The van der Waals surface area contributed by atoms with Gasteiger partial charge in [-0.15, -0.1) is 0 Å². The predicted molar refractivity (Wildman–Crippen MR) is 109 cm³/mol. The molecule has 28 heavy (non-hydrogen) atoms. The number of aliphatic hydroxyl groups is 1. The van der Waals surface area contributed by atoms with Gasteiger partial charge in [-0.3, -0.25) is 9.59 Å². The summed E-state index contributed by atoms with van der Waals surface area (Å²) in [6, 6.07) is 4.67. The summed E-state index contributed by atoms with van der Waals surface area (Å²) in [6.07, 6.45) is -0.861. The highest BCUT2D eigenvalue weighted by atomic mass is 16.5. The van der Waals surface area contributed by atoms with Gasteiger partial charge in [0.15, 0.2) is 0 Å². The van der Waals surface area contributed by atoms with Crippen molar-refractivity contribution in [2.24, 2.45) is 10.8 Å². The Labute approximate surface area is 168 Å². The zero-order valence-corrected chi connectivity index (χ0v) is 18.6. The Bertz CT molecular complexity index is 659.